The number of benzene rings is 1. The fraction of sp³-hybridized carbons (Fsp3) is 0.619. The minimum atomic E-state index is -0.0748. The van der Waals surface area contributed by atoms with Crippen molar-refractivity contribution in [2.45, 2.75) is 25.2 Å². The summed E-state index contributed by atoms with van der Waals surface area (Å²) in [7, 11) is 5.28. The van der Waals surface area contributed by atoms with Gasteiger partial charge in [-0.1, -0.05) is 6.07 Å². The van der Waals surface area contributed by atoms with Crippen LogP contribution in [-0.4, -0.2) is 75.6 Å². The number of rotatable bonds is 8. The molecule has 0 radical (unpaired) electrons. The van der Waals surface area contributed by atoms with Gasteiger partial charge in [-0.15, -0.1) is 0 Å². The van der Waals surface area contributed by atoms with Crippen LogP contribution in [0, 0.1) is 5.92 Å². The normalized spacial score (nSPS) is 18.5. The van der Waals surface area contributed by atoms with Gasteiger partial charge in [0.2, 0.25) is 11.8 Å². The first-order valence-electron chi connectivity index (χ1n) is 9.96. The van der Waals surface area contributed by atoms with Crippen LogP contribution in [0.1, 0.15) is 30.7 Å². The molecule has 1 aromatic rings. The van der Waals surface area contributed by atoms with Gasteiger partial charge in [0, 0.05) is 32.6 Å². The molecule has 2 fully saturated rings. The van der Waals surface area contributed by atoms with Crippen LogP contribution >= 0.6 is 0 Å². The molecule has 0 bridgehead atoms. The molecule has 7 nitrogen and oxygen atoms in total. The van der Waals surface area contributed by atoms with E-state index >= 15 is 0 Å². The van der Waals surface area contributed by atoms with E-state index in [1.165, 1.54) is 0 Å². The van der Waals surface area contributed by atoms with Gasteiger partial charge in [0.15, 0.2) is 11.5 Å². The number of amides is 2. The van der Waals surface area contributed by atoms with Crippen LogP contribution in [0.15, 0.2) is 18.2 Å². The number of hydrogen-bond acceptors (Lipinski definition) is 5. The van der Waals surface area contributed by atoms with Crippen LogP contribution in [0.5, 0.6) is 11.5 Å². The molecule has 1 saturated heterocycles. The van der Waals surface area contributed by atoms with E-state index in [0.717, 1.165) is 44.6 Å². The summed E-state index contributed by atoms with van der Waals surface area (Å²) < 4.78 is 10.7. The highest BCUT2D eigenvalue weighted by Crippen LogP contribution is 2.46. The molecule has 0 aromatic heterocycles. The molecule has 1 unspecified atom stereocenters. The van der Waals surface area contributed by atoms with Crippen molar-refractivity contribution in [1.82, 2.24) is 15.1 Å². The molecule has 3 rings (SSSR count). The highest BCUT2D eigenvalue weighted by molar-refractivity contribution is 5.85. The Morgan fingerprint density at radius 1 is 1.11 bits per heavy atom. The van der Waals surface area contributed by atoms with Gasteiger partial charge < -0.3 is 24.6 Å². The summed E-state index contributed by atoms with van der Waals surface area (Å²) in [5.41, 5.74) is 1.08. The Kier molecular flexibility index (Phi) is 6.78. The van der Waals surface area contributed by atoms with E-state index in [4.69, 9.17) is 9.47 Å². The maximum atomic E-state index is 12.5. The molecule has 0 spiro atoms. The van der Waals surface area contributed by atoms with Gasteiger partial charge in [-0.25, -0.2) is 0 Å². The Labute approximate surface area is 167 Å². The van der Waals surface area contributed by atoms with Gasteiger partial charge in [0.25, 0.3) is 0 Å². The summed E-state index contributed by atoms with van der Waals surface area (Å²) in [4.78, 5) is 28.9. The molecule has 1 aromatic carbocycles. The van der Waals surface area contributed by atoms with Gasteiger partial charge in [-0.3, -0.25) is 9.59 Å². The molecular weight excluding hydrogens is 358 g/mol. The van der Waals surface area contributed by atoms with Crippen molar-refractivity contribution >= 4 is 11.8 Å². The third-order valence-electron chi connectivity index (χ3n) is 5.72. The molecule has 28 heavy (non-hydrogen) atoms. The quantitative estimate of drug-likeness (QED) is 0.729. The lowest BCUT2D eigenvalue weighted by molar-refractivity contribution is -0.134. The number of methoxy groups -OCH3 is 2. The summed E-state index contributed by atoms with van der Waals surface area (Å²) >= 11 is 0. The van der Waals surface area contributed by atoms with E-state index in [0.29, 0.717) is 23.8 Å². The SMILES string of the molecule is COc1ccc(C(CC(=O)NCC(=O)N2CCN(C)CC2)C2CC2)cc1OC. The number of ether oxygens (including phenoxy) is 2. The fourth-order valence-electron chi connectivity index (χ4n) is 3.75. The first kappa shape index (κ1) is 20.5. The van der Waals surface area contributed by atoms with Gasteiger partial charge in [0.05, 0.1) is 20.8 Å². The first-order valence-corrected chi connectivity index (χ1v) is 9.96. The minimum absolute atomic E-state index is 0.00413. The van der Waals surface area contributed by atoms with Crippen molar-refractivity contribution in [3.8, 4) is 11.5 Å². The van der Waals surface area contributed by atoms with Crippen molar-refractivity contribution < 1.29 is 19.1 Å². The zero-order chi connectivity index (χ0) is 20.1. The van der Waals surface area contributed by atoms with Gasteiger partial charge in [0.1, 0.15) is 0 Å². The monoisotopic (exact) mass is 389 g/mol. The molecule has 1 heterocycles. The minimum Gasteiger partial charge on any atom is -0.493 e. The van der Waals surface area contributed by atoms with Gasteiger partial charge >= 0.3 is 0 Å². The third kappa shape index (κ3) is 5.16. The van der Waals surface area contributed by atoms with Crippen LogP contribution in [0.25, 0.3) is 0 Å². The lowest BCUT2D eigenvalue weighted by Gasteiger charge is -2.32. The smallest absolute Gasteiger partial charge is 0.242 e. The number of nitrogens with one attached hydrogen (secondary N) is 1. The molecule has 2 aliphatic rings. The Morgan fingerprint density at radius 3 is 2.39 bits per heavy atom. The average molecular weight is 389 g/mol. The van der Waals surface area contributed by atoms with Gasteiger partial charge in [-0.2, -0.15) is 0 Å². The Hall–Kier alpha value is -2.28. The third-order valence-corrected chi connectivity index (χ3v) is 5.72. The number of likely N-dealkylation sites (N-methyl/N-ethyl adjacent to an activating group) is 1. The lowest BCUT2D eigenvalue weighted by Crippen LogP contribution is -2.50. The predicted molar refractivity (Wildman–Crippen MR) is 107 cm³/mol. The standard InChI is InChI=1S/C21H31N3O4/c1-23-8-10-24(11-9-23)21(26)14-22-20(25)13-17(15-4-5-15)16-6-7-18(27-2)19(12-16)28-3/h6-7,12,15,17H,4-5,8-11,13-14H2,1-3H3,(H,22,25). The summed E-state index contributed by atoms with van der Waals surface area (Å²) in [5, 5.41) is 2.83. The predicted octanol–water partition coefficient (Wildman–Crippen LogP) is 1.48. The van der Waals surface area contributed by atoms with E-state index in [-0.39, 0.29) is 24.3 Å². The summed E-state index contributed by atoms with van der Waals surface area (Å²) in [6, 6.07) is 5.86. The van der Waals surface area contributed by atoms with E-state index in [9.17, 15) is 9.59 Å². The molecule has 1 saturated carbocycles. The summed E-state index contributed by atoms with van der Waals surface area (Å²) in [6.45, 7) is 3.28. The Balaban J connectivity index is 1.56. The van der Waals surface area contributed by atoms with E-state index < -0.39 is 0 Å². The molecular formula is C21H31N3O4. The number of carbonyl (C=O) groups excluding carboxylic acids is 2. The Morgan fingerprint density at radius 2 is 1.79 bits per heavy atom. The second kappa shape index (κ2) is 9.28. The zero-order valence-corrected chi connectivity index (χ0v) is 17.1. The van der Waals surface area contributed by atoms with Crippen molar-refractivity contribution in [2.75, 3.05) is 54.0 Å². The number of piperazine rings is 1. The van der Waals surface area contributed by atoms with Crippen LogP contribution in [-0.2, 0) is 9.59 Å². The van der Waals surface area contributed by atoms with Crippen LogP contribution in [0.2, 0.25) is 0 Å². The zero-order valence-electron chi connectivity index (χ0n) is 17.1. The highest BCUT2D eigenvalue weighted by atomic mass is 16.5. The molecule has 154 valence electrons. The maximum Gasteiger partial charge on any atom is 0.242 e. The Bertz CT molecular complexity index is 697. The number of carbonyl (C=O) groups is 2. The van der Waals surface area contributed by atoms with Crippen molar-refractivity contribution in [3.63, 3.8) is 0 Å². The number of nitrogens with zero attached hydrogens (tertiary/aromatic N) is 2. The number of hydrogen-bond donors (Lipinski definition) is 1. The molecule has 2 amide bonds. The van der Waals surface area contributed by atoms with Crippen molar-refractivity contribution in [3.05, 3.63) is 23.8 Å². The summed E-state index contributed by atoms with van der Waals surface area (Å²) in [5.74, 6) is 1.93. The molecule has 1 aliphatic heterocycles. The second-order valence-electron chi connectivity index (χ2n) is 7.72. The molecule has 1 aliphatic carbocycles. The second-order valence-corrected chi connectivity index (χ2v) is 7.72. The van der Waals surface area contributed by atoms with E-state index in [2.05, 4.69) is 17.3 Å². The fourth-order valence-corrected chi connectivity index (χ4v) is 3.75. The van der Waals surface area contributed by atoms with E-state index in [1.54, 1.807) is 14.2 Å². The highest BCUT2D eigenvalue weighted by Gasteiger charge is 2.34. The lowest BCUT2D eigenvalue weighted by atomic mass is 9.90. The van der Waals surface area contributed by atoms with Crippen LogP contribution in [0.3, 0.4) is 0 Å². The summed E-state index contributed by atoms with van der Waals surface area (Å²) in [6.07, 6.45) is 2.65. The molecule has 1 atom stereocenters. The maximum absolute atomic E-state index is 12.5. The molecule has 1 N–H and O–H groups in total. The van der Waals surface area contributed by atoms with Crippen LogP contribution in [0.4, 0.5) is 0 Å². The molecule has 7 heteroatoms. The van der Waals surface area contributed by atoms with Crippen molar-refractivity contribution in [1.29, 1.82) is 0 Å². The van der Waals surface area contributed by atoms with Crippen molar-refractivity contribution in [2.24, 2.45) is 5.92 Å². The van der Waals surface area contributed by atoms with Crippen LogP contribution < -0.4 is 14.8 Å². The largest absolute Gasteiger partial charge is 0.493 e. The average Bonchev–Trinajstić information content (AvgIpc) is 3.55. The van der Waals surface area contributed by atoms with Gasteiger partial charge in [-0.05, 0) is 49.4 Å². The first-order chi connectivity index (χ1) is 13.5. The van der Waals surface area contributed by atoms with E-state index in [1.807, 2.05) is 23.1 Å². The topological polar surface area (TPSA) is 71.1 Å².